The van der Waals surface area contributed by atoms with E-state index in [4.69, 9.17) is 4.74 Å². The summed E-state index contributed by atoms with van der Waals surface area (Å²) in [7, 11) is 1.75. The predicted octanol–water partition coefficient (Wildman–Crippen LogP) is 2.34. The van der Waals surface area contributed by atoms with E-state index in [0.717, 1.165) is 18.8 Å². The highest BCUT2D eigenvalue weighted by Crippen LogP contribution is 2.50. The van der Waals surface area contributed by atoms with Gasteiger partial charge in [0, 0.05) is 17.5 Å². The SMILES string of the molecule is CCNCC1(c2ccccc2OC)CC1. The van der Waals surface area contributed by atoms with Crippen molar-refractivity contribution < 1.29 is 4.74 Å². The van der Waals surface area contributed by atoms with Gasteiger partial charge in [0.1, 0.15) is 5.75 Å². The number of likely N-dealkylation sites (N-methyl/N-ethyl adjacent to an activating group) is 1. The lowest BCUT2D eigenvalue weighted by atomic mass is 9.95. The average Bonchev–Trinajstić information content (AvgIpc) is 3.07. The van der Waals surface area contributed by atoms with Crippen LogP contribution in [0, 0.1) is 0 Å². The molecule has 0 bridgehead atoms. The summed E-state index contributed by atoms with van der Waals surface area (Å²) in [4.78, 5) is 0. The van der Waals surface area contributed by atoms with Crippen molar-refractivity contribution in [2.45, 2.75) is 25.2 Å². The molecule has 0 radical (unpaired) electrons. The molecule has 1 fully saturated rings. The summed E-state index contributed by atoms with van der Waals surface area (Å²) >= 11 is 0. The Morgan fingerprint density at radius 1 is 1.33 bits per heavy atom. The Bertz CT molecular complexity index is 331. The fourth-order valence-corrected chi connectivity index (χ4v) is 2.14. The van der Waals surface area contributed by atoms with Gasteiger partial charge in [-0.25, -0.2) is 0 Å². The molecule has 82 valence electrons. The van der Waals surface area contributed by atoms with E-state index in [-0.39, 0.29) is 0 Å². The summed E-state index contributed by atoms with van der Waals surface area (Å²) in [5.41, 5.74) is 1.72. The first-order valence-electron chi connectivity index (χ1n) is 5.66. The minimum atomic E-state index is 0.350. The van der Waals surface area contributed by atoms with Gasteiger partial charge in [-0.2, -0.15) is 0 Å². The number of nitrogens with one attached hydrogen (secondary N) is 1. The Kier molecular flexibility index (Phi) is 2.96. The summed E-state index contributed by atoms with van der Waals surface area (Å²) in [5, 5.41) is 3.45. The van der Waals surface area contributed by atoms with Crippen molar-refractivity contribution >= 4 is 0 Å². The maximum Gasteiger partial charge on any atom is 0.122 e. The minimum absolute atomic E-state index is 0.350. The van der Waals surface area contributed by atoms with Crippen LogP contribution < -0.4 is 10.1 Å². The highest BCUT2D eigenvalue weighted by Gasteiger charge is 2.45. The Balaban J connectivity index is 2.21. The third-order valence-electron chi connectivity index (χ3n) is 3.25. The van der Waals surface area contributed by atoms with Crippen molar-refractivity contribution in [2.75, 3.05) is 20.2 Å². The number of hydrogen-bond acceptors (Lipinski definition) is 2. The van der Waals surface area contributed by atoms with Crippen molar-refractivity contribution in [2.24, 2.45) is 0 Å². The van der Waals surface area contributed by atoms with Gasteiger partial charge in [0.05, 0.1) is 7.11 Å². The molecule has 2 heteroatoms. The zero-order valence-electron chi connectivity index (χ0n) is 9.55. The summed E-state index contributed by atoms with van der Waals surface area (Å²) in [6.45, 7) is 4.26. The fourth-order valence-electron chi connectivity index (χ4n) is 2.14. The smallest absolute Gasteiger partial charge is 0.122 e. The van der Waals surface area contributed by atoms with Crippen LogP contribution in [0.3, 0.4) is 0 Å². The summed E-state index contributed by atoms with van der Waals surface area (Å²) in [6.07, 6.45) is 2.56. The van der Waals surface area contributed by atoms with Gasteiger partial charge in [-0.05, 0) is 25.5 Å². The predicted molar refractivity (Wildman–Crippen MR) is 62.4 cm³/mol. The lowest BCUT2D eigenvalue weighted by Gasteiger charge is -2.18. The van der Waals surface area contributed by atoms with Crippen molar-refractivity contribution in [3.63, 3.8) is 0 Å². The first-order valence-corrected chi connectivity index (χ1v) is 5.66. The molecule has 0 saturated heterocycles. The van der Waals surface area contributed by atoms with Gasteiger partial charge in [0.2, 0.25) is 0 Å². The molecule has 1 aromatic rings. The summed E-state index contributed by atoms with van der Waals surface area (Å²) in [6, 6.07) is 8.39. The van der Waals surface area contributed by atoms with Crippen molar-refractivity contribution in [1.29, 1.82) is 0 Å². The zero-order valence-corrected chi connectivity index (χ0v) is 9.55. The van der Waals surface area contributed by atoms with Gasteiger partial charge in [0.15, 0.2) is 0 Å². The molecule has 2 nitrogen and oxygen atoms in total. The Morgan fingerprint density at radius 2 is 2.07 bits per heavy atom. The summed E-state index contributed by atoms with van der Waals surface area (Å²) < 4.78 is 5.42. The lowest BCUT2D eigenvalue weighted by Crippen LogP contribution is -2.26. The molecule has 0 heterocycles. The van der Waals surface area contributed by atoms with Gasteiger partial charge in [-0.1, -0.05) is 25.1 Å². The Labute approximate surface area is 91.6 Å². The zero-order chi connectivity index (χ0) is 10.7. The van der Waals surface area contributed by atoms with Crippen LogP contribution in [0.15, 0.2) is 24.3 Å². The Morgan fingerprint density at radius 3 is 2.67 bits per heavy atom. The molecule has 15 heavy (non-hydrogen) atoms. The summed E-state index contributed by atoms with van der Waals surface area (Å²) in [5.74, 6) is 1.04. The van der Waals surface area contributed by atoms with Crippen molar-refractivity contribution in [1.82, 2.24) is 5.32 Å². The van der Waals surface area contributed by atoms with Crippen LogP contribution in [0.1, 0.15) is 25.3 Å². The second-order valence-corrected chi connectivity index (χ2v) is 4.26. The van der Waals surface area contributed by atoms with Crippen molar-refractivity contribution in [3.8, 4) is 5.75 Å². The van der Waals surface area contributed by atoms with Crippen LogP contribution in [0.4, 0.5) is 0 Å². The molecule has 0 spiro atoms. The number of ether oxygens (including phenoxy) is 1. The van der Waals surface area contributed by atoms with E-state index in [2.05, 4.69) is 30.4 Å². The van der Waals surface area contributed by atoms with Crippen LogP contribution in [-0.4, -0.2) is 20.2 Å². The van der Waals surface area contributed by atoms with Crippen LogP contribution in [0.5, 0.6) is 5.75 Å². The molecule has 0 aliphatic heterocycles. The first-order chi connectivity index (χ1) is 7.32. The molecule has 0 amide bonds. The maximum absolute atomic E-state index is 5.42. The second kappa shape index (κ2) is 4.23. The first kappa shape index (κ1) is 10.5. The maximum atomic E-state index is 5.42. The van der Waals surface area contributed by atoms with Gasteiger partial charge >= 0.3 is 0 Å². The third-order valence-corrected chi connectivity index (χ3v) is 3.25. The highest BCUT2D eigenvalue weighted by atomic mass is 16.5. The monoisotopic (exact) mass is 205 g/mol. The standard InChI is InChI=1S/C13H19NO/c1-3-14-10-13(8-9-13)11-6-4-5-7-12(11)15-2/h4-7,14H,3,8-10H2,1-2H3. The molecule has 1 saturated carbocycles. The molecule has 1 aromatic carbocycles. The average molecular weight is 205 g/mol. The van der Waals surface area contributed by atoms with Crippen LogP contribution in [-0.2, 0) is 5.41 Å². The van der Waals surface area contributed by atoms with Crippen molar-refractivity contribution in [3.05, 3.63) is 29.8 Å². The van der Waals surface area contributed by atoms with Crippen LogP contribution in [0.25, 0.3) is 0 Å². The molecule has 2 rings (SSSR count). The molecule has 0 unspecified atom stereocenters. The van der Waals surface area contributed by atoms with E-state index in [1.54, 1.807) is 7.11 Å². The van der Waals surface area contributed by atoms with Gasteiger partial charge in [-0.3, -0.25) is 0 Å². The Hall–Kier alpha value is -1.02. The van der Waals surface area contributed by atoms with Crippen LogP contribution >= 0.6 is 0 Å². The van der Waals surface area contributed by atoms with E-state index < -0.39 is 0 Å². The van der Waals surface area contributed by atoms with E-state index >= 15 is 0 Å². The van der Waals surface area contributed by atoms with E-state index in [1.807, 2.05) is 6.07 Å². The van der Waals surface area contributed by atoms with Gasteiger partial charge in [-0.15, -0.1) is 0 Å². The second-order valence-electron chi connectivity index (χ2n) is 4.26. The molecule has 1 N–H and O–H groups in total. The molecule has 0 aromatic heterocycles. The number of hydrogen-bond donors (Lipinski definition) is 1. The molecular formula is C13H19NO. The normalized spacial score (nSPS) is 17.5. The lowest BCUT2D eigenvalue weighted by molar-refractivity contribution is 0.402. The third kappa shape index (κ3) is 2.00. The number of rotatable bonds is 5. The molecule has 0 atom stereocenters. The van der Waals surface area contributed by atoms with E-state index in [0.29, 0.717) is 5.41 Å². The highest BCUT2D eigenvalue weighted by molar-refractivity contribution is 5.43. The number of para-hydroxylation sites is 1. The topological polar surface area (TPSA) is 21.3 Å². The minimum Gasteiger partial charge on any atom is -0.496 e. The van der Waals surface area contributed by atoms with E-state index in [1.165, 1.54) is 18.4 Å². The molecule has 1 aliphatic carbocycles. The largest absolute Gasteiger partial charge is 0.496 e. The fraction of sp³-hybridized carbons (Fsp3) is 0.538. The van der Waals surface area contributed by atoms with Crippen LogP contribution in [0.2, 0.25) is 0 Å². The molecule has 1 aliphatic rings. The molecular weight excluding hydrogens is 186 g/mol. The van der Waals surface area contributed by atoms with Gasteiger partial charge < -0.3 is 10.1 Å². The number of methoxy groups -OCH3 is 1. The quantitative estimate of drug-likeness (QED) is 0.796. The van der Waals surface area contributed by atoms with E-state index in [9.17, 15) is 0 Å². The van der Waals surface area contributed by atoms with Gasteiger partial charge in [0.25, 0.3) is 0 Å². The number of benzene rings is 1.